The largest absolute Gasteiger partial charge is 0.382 e. The molecule has 0 aliphatic carbocycles. The highest BCUT2D eigenvalue weighted by atomic mass is 19.1. The van der Waals surface area contributed by atoms with Crippen LogP contribution in [0.5, 0.6) is 0 Å². The SMILES string of the molecule is CN1C=CC=C(C(=O)N2CCC(Nc3cc(-c4cccc(C#N)c4)cc4ccncc34)CC2)C1F. The summed E-state index contributed by atoms with van der Waals surface area (Å²) in [6.07, 6.45) is 8.64. The predicted octanol–water partition coefficient (Wildman–Crippen LogP) is 4.86. The molecule has 35 heavy (non-hydrogen) atoms. The number of amides is 1. The predicted molar refractivity (Wildman–Crippen MR) is 135 cm³/mol. The number of likely N-dealkylation sites (N-methyl/N-ethyl adjacent to an activating group) is 1. The highest BCUT2D eigenvalue weighted by Crippen LogP contribution is 2.32. The number of carbonyl (C=O) groups excluding carboxylic acids is 1. The molecule has 2 aliphatic rings. The lowest BCUT2D eigenvalue weighted by molar-refractivity contribution is -0.129. The maximum atomic E-state index is 14.5. The van der Waals surface area contributed by atoms with Crippen LogP contribution in [0.2, 0.25) is 0 Å². The molecule has 1 fully saturated rings. The molecule has 3 heterocycles. The Bertz CT molecular complexity index is 1370. The minimum Gasteiger partial charge on any atom is -0.382 e. The van der Waals surface area contributed by atoms with Crippen molar-refractivity contribution in [1.29, 1.82) is 5.26 Å². The van der Waals surface area contributed by atoms with E-state index in [1.54, 1.807) is 42.6 Å². The molecule has 0 saturated carbocycles. The van der Waals surface area contributed by atoms with Gasteiger partial charge in [0.2, 0.25) is 6.30 Å². The number of aromatic nitrogens is 1. The second kappa shape index (κ2) is 9.59. The fourth-order valence-electron chi connectivity index (χ4n) is 4.71. The van der Waals surface area contributed by atoms with Crippen molar-refractivity contribution in [3.05, 3.63) is 84.3 Å². The van der Waals surface area contributed by atoms with Crippen LogP contribution in [0, 0.1) is 11.3 Å². The third-order valence-corrected chi connectivity index (χ3v) is 6.68. The molecule has 2 aliphatic heterocycles. The number of hydrogen-bond donors (Lipinski definition) is 1. The fraction of sp³-hybridized carbons (Fsp3) is 0.250. The van der Waals surface area contributed by atoms with Gasteiger partial charge in [0, 0.05) is 55.8 Å². The zero-order chi connectivity index (χ0) is 24.4. The van der Waals surface area contributed by atoms with Crippen molar-refractivity contribution in [3.8, 4) is 17.2 Å². The van der Waals surface area contributed by atoms with E-state index in [0.29, 0.717) is 18.7 Å². The van der Waals surface area contributed by atoms with E-state index in [4.69, 9.17) is 0 Å². The number of hydrogen-bond acceptors (Lipinski definition) is 5. The summed E-state index contributed by atoms with van der Waals surface area (Å²) >= 11 is 0. The zero-order valence-electron chi connectivity index (χ0n) is 19.5. The Morgan fingerprint density at radius 1 is 1.17 bits per heavy atom. The number of piperidine rings is 1. The third-order valence-electron chi connectivity index (χ3n) is 6.68. The summed E-state index contributed by atoms with van der Waals surface area (Å²) < 4.78 is 14.5. The number of nitrogens with zero attached hydrogens (tertiary/aromatic N) is 4. The summed E-state index contributed by atoms with van der Waals surface area (Å²) in [5, 5.41) is 15.0. The van der Waals surface area contributed by atoms with Crippen LogP contribution in [0.25, 0.3) is 21.9 Å². The summed E-state index contributed by atoms with van der Waals surface area (Å²) in [5.41, 5.74) is 3.78. The molecule has 7 heteroatoms. The van der Waals surface area contributed by atoms with Gasteiger partial charge in [-0.25, -0.2) is 4.39 Å². The number of allylic oxidation sites excluding steroid dienone is 2. The van der Waals surface area contributed by atoms with Gasteiger partial charge in [-0.05, 0) is 71.8 Å². The molecule has 1 amide bonds. The third kappa shape index (κ3) is 4.60. The Kier molecular flexibility index (Phi) is 6.19. The first-order chi connectivity index (χ1) is 17.0. The molecule has 5 rings (SSSR count). The highest BCUT2D eigenvalue weighted by molar-refractivity contribution is 5.97. The second-order valence-corrected chi connectivity index (χ2v) is 8.99. The number of halogens is 1. The lowest BCUT2D eigenvalue weighted by atomic mass is 9.98. The number of carbonyl (C=O) groups is 1. The van der Waals surface area contributed by atoms with Crippen LogP contribution < -0.4 is 5.32 Å². The number of likely N-dealkylation sites (tertiary alicyclic amines) is 1. The average Bonchev–Trinajstić information content (AvgIpc) is 2.90. The Labute approximate surface area is 204 Å². The summed E-state index contributed by atoms with van der Waals surface area (Å²) in [6, 6.07) is 16.1. The van der Waals surface area contributed by atoms with E-state index in [2.05, 4.69) is 28.5 Å². The summed E-state index contributed by atoms with van der Waals surface area (Å²) in [4.78, 5) is 20.4. The van der Waals surface area contributed by atoms with Crippen molar-refractivity contribution in [2.24, 2.45) is 0 Å². The van der Waals surface area contributed by atoms with E-state index >= 15 is 0 Å². The lowest BCUT2D eigenvalue weighted by Crippen LogP contribution is -2.45. The number of rotatable bonds is 4. The first-order valence-electron chi connectivity index (χ1n) is 11.7. The van der Waals surface area contributed by atoms with Gasteiger partial charge in [0.1, 0.15) is 0 Å². The molecule has 0 bridgehead atoms. The van der Waals surface area contributed by atoms with Gasteiger partial charge in [-0.1, -0.05) is 12.1 Å². The Morgan fingerprint density at radius 3 is 2.80 bits per heavy atom. The monoisotopic (exact) mass is 467 g/mol. The van der Waals surface area contributed by atoms with Crippen LogP contribution in [0.15, 0.2) is 78.8 Å². The maximum absolute atomic E-state index is 14.5. The zero-order valence-corrected chi connectivity index (χ0v) is 19.5. The molecule has 1 saturated heterocycles. The smallest absolute Gasteiger partial charge is 0.254 e. The van der Waals surface area contributed by atoms with Crippen molar-refractivity contribution >= 4 is 22.4 Å². The van der Waals surface area contributed by atoms with Gasteiger partial charge in [0.25, 0.3) is 5.91 Å². The molecule has 176 valence electrons. The molecule has 0 radical (unpaired) electrons. The maximum Gasteiger partial charge on any atom is 0.254 e. The molecular formula is C28H26FN5O. The van der Waals surface area contributed by atoms with Gasteiger partial charge in [0.05, 0.1) is 17.2 Å². The van der Waals surface area contributed by atoms with E-state index in [1.807, 2.05) is 30.5 Å². The van der Waals surface area contributed by atoms with Crippen LogP contribution >= 0.6 is 0 Å². The quantitative estimate of drug-likeness (QED) is 0.555. The molecule has 3 aromatic rings. The van der Waals surface area contributed by atoms with Crippen LogP contribution in [-0.2, 0) is 4.79 Å². The Balaban J connectivity index is 1.34. The molecule has 1 aromatic heterocycles. The number of pyridine rings is 1. The van der Waals surface area contributed by atoms with Crippen LogP contribution in [-0.4, -0.2) is 53.2 Å². The molecule has 0 spiro atoms. The van der Waals surface area contributed by atoms with Crippen molar-refractivity contribution in [2.45, 2.75) is 25.2 Å². The fourth-order valence-corrected chi connectivity index (χ4v) is 4.71. The Morgan fingerprint density at radius 2 is 2.00 bits per heavy atom. The standard InChI is InChI=1S/C28H26FN5O/c1-33-11-3-6-24(27(33)29)28(35)34-12-8-23(9-13-34)32-26-16-22(15-21-7-10-31-18-25(21)26)20-5-2-4-19(14-20)17-30/h2-7,10-11,14-16,18,23,27,32H,8-9,12-13H2,1H3. The normalized spacial score (nSPS) is 18.3. The number of alkyl halides is 1. The molecular weight excluding hydrogens is 441 g/mol. The van der Waals surface area contributed by atoms with E-state index in [-0.39, 0.29) is 17.5 Å². The van der Waals surface area contributed by atoms with E-state index < -0.39 is 6.30 Å². The van der Waals surface area contributed by atoms with E-state index in [0.717, 1.165) is 40.4 Å². The van der Waals surface area contributed by atoms with E-state index in [1.165, 1.54) is 4.90 Å². The van der Waals surface area contributed by atoms with Crippen molar-refractivity contribution < 1.29 is 9.18 Å². The van der Waals surface area contributed by atoms with Crippen LogP contribution in [0.3, 0.4) is 0 Å². The molecule has 1 atom stereocenters. The minimum absolute atomic E-state index is 0.173. The summed E-state index contributed by atoms with van der Waals surface area (Å²) in [7, 11) is 1.63. The topological polar surface area (TPSA) is 72.3 Å². The molecule has 1 N–H and O–H groups in total. The van der Waals surface area contributed by atoms with Gasteiger partial charge >= 0.3 is 0 Å². The second-order valence-electron chi connectivity index (χ2n) is 8.99. The van der Waals surface area contributed by atoms with Crippen molar-refractivity contribution in [3.63, 3.8) is 0 Å². The number of nitrogens with one attached hydrogen (secondary N) is 1. The van der Waals surface area contributed by atoms with E-state index in [9.17, 15) is 14.4 Å². The first kappa shape index (κ1) is 22.6. The van der Waals surface area contributed by atoms with Crippen molar-refractivity contribution in [2.75, 3.05) is 25.5 Å². The minimum atomic E-state index is -1.41. The van der Waals surface area contributed by atoms with Gasteiger partial charge in [-0.15, -0.1) is 0 Å². The summed E-state index contributed by atoms with van der Waals surface area (Å²) in [5.74, 6) is -0.235. The first-order valence-corrected chi connectivity index (χ1v) is 11.7. The van der Waals surface area contributed by atoms with Crippen LogP contribution in [0.1, 0.15) is 18.4 Å². The summed E-state index contributed by atoms with van der Waals surface area (Å²) in [6.45, 7) is 1.13. The molecule has 2 aromatic carbocycles. The van der Waals surface area contributed by atoms with Gasteiger partial charge < -0.3 is 15.1 Å². The lowest BCUT2D eigenvalue weighted by Gasteiger charge is -2.35. The number of nitriles is 1. The van der Waals surface area contributed by atoms with Crippen molar-refractivity contribution in [1.82, 2.24) is 14.8 Å². The Hall–Kier alpha value is -4.18. The number of fused-ring (bicyclic) bond motifs is 1. The highest BCUT2D eigenvalue weighted by Gasteiger charge is 2.31. The number of anilines is 1. The average molecular weight is 468 g/mol. The van der Waals surface area contributed by atoms with Crippen LogP contribution in [0.4, 0.5) is 10.1 Å². The van der Waals surface area contributed by atoms with Gasteiger partial charge in [-0.2, -0.15) is 5.26 Å². The molecule has 6 nitrogen and oxygen atoms in total. The molecule has 1 unspecified atom stereocenters. The number of benzene rings is 2. The van der Waals surface area contributed by atoms with Gasteiger partial charge in [0.15, 0.2) is 0 Å². The van der Waals surface area contributed by atoms with Gasteiger partial charge in [-0.3, -0.25) is 9.78 Å².